The maximum atomic E-state index is 12.4. The molecule has 0 aromatic heterocycles. The summed E-state index contributed by atoms with van der Waals surface area (Å²) >= 11 is 0. The van der Waals surface area contributed by atoms with Crippen LogP contribution in [0.1, 0.15) is 45.2 Å². The Morgan fingerprint density at radius 2 is 1.90 bits per heavy atom. The summed E-state index contributed by atoms with van der Waals surface area (Å²) in [7, 11) is 1.37. The Morgan fingerprint density at radius 3 is 2.43 bits per heavy atom. The van der Waals surface area contributed by atoms with E-state index in [-0.39, 0.29) is 23.3 Å². The number of methoxy groups -OCH3 is 1. The van der Waals surface area contributed by atoms with Crippen LogP contribution in [0.15, 0.2) is 30.3 Å². The topological polar surface area (TPSA) is 46.6 Å². The van der Waals surface area contributed by atoms with Crippen molar-refractivity contribution in [2.24, 2.45) is 5.41 Å². The number of hydrogen-bond acceptors (Lipinski definition) is 3. The van der Waals surface area contributed by atoms with E-state index < -0.39 is 6.04 Å². The van der Waals surface area contributed by atoms with Gasteiger partial charge in [0, 0.05) is 6.42 Å². The molecule has 1 aromatic carbocycles. The lowest BCUT2D eigenvalue weighted by molar-refractivity contribution is -0.152. The van der Waals surface area contributed by atoms with Crippen molar-refractivity contribution < 1.29 is 14.3 Å². The largest absolute Gasteiger partial charge is 0.467 e. The second-order valence-corrected chi connectivity index (χ2v) is 6.56. The van der Waals surface area contributed by atoms with E-state index in [1.807, 2.05) is 30.3 Å². The molecule has 1 heterocycles. The molecule has 1 aromatic rings. The van der Waals surface area contributed by atoms with Crippen LogP contribution in [0.5, 0.6) is 0 Å². The molecule has 0 aliphatic carbocycles. The van der Waals surface area contributed by atoms with Gasteiger partial charge in [0.05, 0.1) is 13.2 Å². The quantitative estimate of drug-likeness (QED) is 0.804. The molecule has 1 aliphatic rings. The number of rotatable bonds is 3. The van der Waals surface area contributed by atoms with Gasteiger partial charge in [-0.2, -0.15) is 0 Å². The van der Waals surface area contributed by atoms with Crippen molar-refractivity contribution in [3.8, 4) is 0 Å². The van der Waals surface area contributed by atoms with Crippen LogP contribution in [0, 0.1) is 5.41 Å². The number of likely N-dealkylation sites (tertiary alicyclic amines) is 1. The van der Waals surface area contributed by atoms with Gasteiger partial charge in [0.2, 0.25) is 5.91 Å². The predicted octanol–water partition coefficient (Wildman–Crippen LogP) is 2.94. The first-order valence-corrected chi connectivity index (χ1v) is 7.30. The molecule has 0 bridgehead atoms. The minimum absolute atomic E-state index is 0.0224. The summed E-state index contributed by atoms with van der Waals surface area (Å²) in [4.78, 5) is 26.1. The van der Waals surface area contributed by atoms with Crippen LogP contribution in [0.2, 0.25) is 0 Å². The summed E-state index contributed by atoms with van der Waals surface area (Å²) in [6, 6.07) is 9.27. The lowest BCUT2D eigenvalue weighted by Crippen LogP contribution is -2.46. The van der Waals surface area contributed by atoms with Crippen molar-refractivity contribution in [3.63, 3.8) is 0 Å². The van der Waals surface area contributed by atoms with E-state index in [1.165, 1.54) is 7.11 Å². The number of esters is 1. The van der Waals surface area contributed by atoms with Gasteiger partial charge in [-0.15, -0.1) is 0 Å². The highest BCUT2D eigenvalue weighted by Crippen LogP contribution is 2.42. The van der Waals surface area contributed by atoms with E-state index in [0.29, 0.717) is 12.8 Å². The van der Waals surface area contributed by atoms with Crippen LogP contribution in [-0.4, -0.2) is 29.9 Å². The molecule has 4 heteroatoms. The van der Waals surface area contributed by atoms with E-state index >= 15 is 0 Å². The van der Waals surface area contributed by atoms with Gasteiger partial charge in [0.25, 0.3) is 0 Å². The summed E-state index contributed by atoms with van der Waals surface area (Å²) < 4.78 is 4.88. The van der Waals surface area contributed by atoms with Gasteiger partial charge in [0.15, 0.2) is 0 Å². The number of benzene rings is 1. The number of hydrogen-bond donors (Lipinski definition) is 0. The zero-order valence-electron chi connectivity index (χ0n) is 13.1. The van der Waals surface area contributed by atoms with E-state index in [0.717, 1.165) is 5.56 Å². The fourth-order valence-corrected chi connectivity index (χ4v) is 3.11. The van der Waals surface area contributed by atoms with Gasteiger partial charge in [0.1, 0.15) is 6.04 Å². The van der Waals surface area contributed by atoms with E-state index in [9.17, 15) is 9.59 Å². The van der Waals surface area contributed by atoms with Gasteiger partial charge < -0.3 is 9.64 Å². The number of carbonyl (C=O) groups excluding carboxylic acids is 2. The normalized spacial score (nSPS) is 20.5. The maximum absolute atomic E-state index is 12.4. The summed E-state index contributed by atoms with van der Waals surface area (Å²) in [5, 5.41) is 0. The minimum Gasteiger partial charge on any atom is -0.467 e. The fourth-order valence-electron chi connectivity index (χ4n) is 3.11. The molecular weight excluding hydrogens is 266 g/mol. The first-order chi connectivity index (χ1) is 9.86. The number of carbonyl (C=O) groups is 2. The van der Waals surface area contributed by atoms with Gasteiger partial charge >= 0.3 is 5.97 Å². The van der Waals surface area contributed by atoms with Gasteiger partial charge in [-0.25, -0.2) is 4.79 Å². The van der Waals surface area contributed by atoms with Crippen molar-refractivity contribution in [2.45, 2.75) is 45.7 Å². The van der Waals surface area contributed by atoms with Crippen LogP contribution < -0.4 is 0 Å². The second-order valence-electron chi connectivity index (χ2n) is 6.56. The lowest BCUT2D eigenvalue weighted by atomic mass is 9.81. The third-order valence-corrected chi connectivity index (χ3v) is 3.94. The Bertz CT molecular complexity index is 519. The molecule has 1 amide bonds. The fraction of sp³-hybridized carbons (Fsp3) is 0.529. The molecule has 1 aliphatic heterocycles. The summed E-state index contributed by atoms with van der Waals surface area (Å²) in [5.41, 5.74) is 0.877. The Labute approximate surface area is 126 Å². The van der Waals surface area contributed by atoms with Gasteiger partial charge in [-0.1, -0.05) is 51.1 Å². The molecule has 0 spiro atoms. The average molecular weight is 289 g/mol. The standard InChI is InChI=1S/C17H23NO3/c1-17(2,3)15(12-8-6-5-7-9-12)18-13(16(20)21-4)10-11-14(18)19/h5-9,13,15H,10-11H2,1-4H3. The highest BCUT2D eigenvalue weighted by Gasteiger charge is 2.45. The van der Waals surface area contributed by atoms with Crippen molar-refractivity contribution >= 4 is 11.9 Å². The number of ether oxygens (including phenoxy) is 1. The van der Waals surface area contributed by atoms with Crippen LogP contribution in [0.25, 0.3) is 0 Å². The Morgan fingerprint density at radius 1 is 1.29 bits per heavy atom. The lowest BCUT2D eigenvalue weighted by Gasteiger charge is -2.40. The molecule has 21 heavy (non-hydrogen) atoms. The first kappa shape index (κ1) is 15.5. The van der Waals surface area contributed by atoms with Gasteiger partial charge in [-0.3, -0.25) is 4.79 Å². The summed E-state index contributed by atoms with van der Waals surface area (Å²) in [6.07, 6.45) is 0.935. The first-order valence-electron chi connectivity index (χ1n) is 7.30. The highest BCUT2D eigenvalue weighted by molar-refractivity contribution is 5.88. The Hall–Kier alpha value is -1.84. The zero-order chi connectivity index (χ0) is 15.6. The van der Waals surface area contributed by atoms with Crippen LogP contribution in [0.4, 0.5) is 0 Å². The van der Waals surface area contributed by atoms with Crippen molar-refractivity contribution in [1.82, 2.24) is 4.90 Å². The van der Waals surface area contributed by atoms with Crippen LogP contribution >= 0.6 is 0 Å². The number of nitrogens with zero attached hydrogens (tertiary/aromatic N) is 1. The molecule has 1 fully saturated rings. The molecule has 0 radical (unpaired) electrons. The molecule has 2 rings (SSSR count). The third kappa shape index (κ3) is 3.09. The molecule has 2 unspecified atom stereocenters. The number of amides is 1. The smallest absolute Gasteiger partial charge is 0.328 e. The summed E-state index contributed by atoms with van der Waals surface area (Å²) in [5.74, 6) is -0.305. The van der Waals surface area contributed by atoms with Crippen molar-refractivity contribution in [2.75, 3.05) is 7.11 Å². The van der Waals surface area contributed by atoms with E-state index in [4.69, 9.17) is 4.74 Å². The molecule has 0 saturated carbocycles. The highest BCUT2D eigenvalue weighted by atomic mass is 16.5. The van der Waals surface area contributed by atoms with Crippen molar-refractivity contribution in [3.05, 3.63) is 35.9 Å². The van der Waals surface area contributed by atoms with Crippen LogP contribution in [-0.2, 0) is 14.3 Å². The second kappa shape index (κ2) is 5.88. The monoisotopic (exact) mass is 289 g/mol. The van der Waals surface area contributed by atoms with E-state index in [2.05, 4.69) is 20.8 Å². The van der Waals surface area contributed by atoms with Crippen LogP contribution in [0.3, 0.4) is 0 Å². The average Bonchev–Trinajstić information content (AvgIpc) is 2.80. The predicted molar refractivity (Wildman–Crippen MR) is 80.5 cm³/mol. The van der Waals surface area contributed by atoms with Gasteiger partial charge in [-0.05, 0) is 17.4 Å². The summed E-state index contributed by atoms with van der Waals surface area (Å²) in [6.45, 7) is 6.26. The third-order valence-electron chi connectivity index (χ3n) is 3.94. The molecule has 2 atom stereocenters. The Balaban J connectivity index is 2.45. The minimum atomic E-state index is -0.480. The van der Waals surface area contributed by atoms with E-state index in [1.54, 1.807) is 4.90 Å². The molecule has 114 valence electrons. The molecule has 4 nitrogen and oxygen atoms in total. The molecule has 1 saturated heterocycles. The zero-order valence-corrected chi connectivity index (χ0v) is 13.1. The molecule has 0 N–H and O–H groups in total. The SMILES string of the molecule is COC(=O)C1CCC(=O)N1C(c1ccccc1)C(C)(C)C. The maximum Gasteiger partial charge on any atom is 0.328 e. The van der Waals surface area contributed by atoms with Crippen molar-refractivity contribution in [1.29, 1.82) is 0 Å². The Kier molecular flexibility index (Phi) is 4.35. The molecular formula is C17H23NO3.